The van der Waals surface area contributed by atoms with Crippen molar-refractivity contribution >= 4 is 46.6 Å². The number of amides is 2. The third-order valence-electron chi connectivity index (χ3n) is 3.93. The minimum absolute atomic E-state index is 0.141. The van der Waals surface area contributed by atoms with Crippen LogP contribution in [0.3, 0.4) is 0 Å². The molecule has 0 unspecified atom stereocenters. The van der Waals surface area contributed by atoms with E-state index in [1.54, 1.807) is 49.4 Å². The number of rotatable bonds is 7. The molecular formula is C19H19Cl3N2O3. The SMILES string of the molecule is CNC(=O)[C@H](C)N(Cc1ccc(Cl)cc1Cl)C(=O)COc1cccc(Cl)c1. The van der Waals surface area contributed by atoms with Crippen LogP contribution in [0, 0.1) is 0 Å². The molecule has 0 fully saturated rings. The zero-order valence-corrected chi connectivity index (χ0v) is 17.1. The van der Waals surface area contributed by atoms with Crippen molar-refractivity contribution in [1.29, 1.82) is 0 Å². The van der Waals surface area contributed by atoms with E-state index in [9.17, 15) is 9.59 Å². The molecule has 0 radical (unpaired) electrons. The first-order chi connectivity index (χ1) is 12.8. The lowest BCUT2D eigenvalue weighted by Gasteiger charge is -2.28. The van der Waals surface area contributed by atoms with Gasteiger partial charge in [0.25, 0.3) is 5.91 Å². The summed E-state index contributed by atoms with van der Waals surface area (Å²) in [5.41, 5.74) is 0.674. The summed E-state index contributed by atoms with van der Waals surface area (Å²) in [6.45, 7) is 1.54. The molecule has 0 spiro atoms. The predicted molar refractivity (Wildman–Crippen MR) is 107 cm³/mol. The van der Waals surface area contributed by atoms with Gasteiger partial charge in [0.1, 0.15) is 11.8 Å². The predicted octanol–water partition coefficient (Wildman–Crippen LogP) is 4.19. The fraction of sp³-hybridized carbons (Fsp3) is 0.263. The number of carbonyl (C=O) groups is 2. The van der Waals surface area contributed by atoms with Crippen LogP contribution >= 0.6 is 34.8 Å². The van der Waals surface area contributed by atoms with Gasteiger partial charge in [0.05, 0.1) is 0 Å². The summed E-state index contributed by atoms with van der Waals surface area (Å²) in [6.07, 6.45) is 0. The molecule has 0 heterocycles. The van der Waals surface area contributed by atoms with Gasteiger partial charge < -0.3 is 15.0 Å². The molecule has 27 heavy (non-hydrogen) atoms. The molecule has 0 aliphatic rings. The van der Waals surface area contributed by atoms with Crippen LogP contribution < -0.4 is 10.1 Å². The molecule has 0 bridgehead atoms. The third-order valence-corrected chi connectivity index (χ3v) is 4.75. The normalized spacial score (nSPS) is 11.6. The van der Waals surface area contributed by atoms with E-state index in [-0.39, 0.29) is 25.0 Å². The summed E-state index contributed by atoms with van der Waals surface area (Å²) in [5.74, 6) is -0.193. The van der Waals surface area contributed by atoms with Gasteiger partial charge in [-0.3, -0.25) is 9.59 Å². The van der Waals surface area contributed by atoms with E-state index >= 15 is 0 Å². The lowest BCUT2D eigenvalue weighted by molar-refractivity contribution is -0.142. The van der Waals surface area contributed by atoms with Crippen LogP contribution in [0.15, 0.2) is 42.5 Å². The molecule has 0 aromatic heterocycles. The number of likely N-dealkylation sites (N-methyl/N-ethyl adjacent to an activating group) is 1. The van der Waals surface area contributed by atoms with E-state index in [1.807, 2.05) is 0 Å². The molecule has 0 saturated heterocycles. The third kappa shape index (κ3) is 6.03. The molecule has 1 N–H and O–H groups in total. The van der Waals surface area contributed by atoms with Gasteiger partial charge in [-0.2, -0.15) is 0 Å². The molecular weight excluding hydrogens is 411 g/mol. The molecule has 8 heteroatoms. The van der Waals surface area contributed by atoms with Crippen molar-refractivity contribution in [3.63, 3.8) is 0 Å². The molecule has 2 aromatic carbocycles. The first kappa shape index (κ1) is 21.4. The zero-order valence-electron chi connectivity index (χ0n) is 14.8. The van der Waals surface area contributed by atoms with Crippen LogP contribution in [0.5, 0.6) is 5.75 Å². The lowest BCUT2D eigenvalue weighted by atomic mass is 10.1. The minimum atomic E-state index is -0.711. The van der Waals surface area contributed by atoms with E-state index in [0.29, 0.717) is 26.4 Å². The Labute approximate surface area is 173 Å². The second-order valence-corrected chi connectivity index (χ2v) is 7.07. The Balaban J connectivity index is 2.17. The highest BCUT2D eigenvalue weighted by atomic mass is 35.5. The number of nitrogens with one attached hydrogen (secondary N) is 1. The lowest BCUT2D eigenvalue weighted by Crippen LogP contribution is -2.48. The number of ether oxygens (including phenoxy) is 1. The van der Waals surface area contributed by atoms with Crippen molar-refractivity contribution in [3.05, 3.63) is 63.1 Å². The Morgan fingerprint density at radius 1 is 1.11 bits per heavy atom. The summed E-state index contributed by atoms with van der Waals surface area (Å²) >= 11 is 18.1. The van der Waals surface area contributed by atoms with E-state index < -0.39 is 6.04 Å². The average Bonchev–Trinajstić information content (AvgIpc) is 2.64. The van der Waals surface area contributed by atoms with Crippen LogP contribution in [0.4, 0.5) is 0 Å². The van der Waals surface area contributed by atoms with E-state index in [1.165, 1.54) is 11.9 Å². The molecule has 1 atom stereocenters. The molecule has 2 amide bonds. The van der Waals surface area contributed by atoms with Crippen molar-refractivity contribution in [2.24, 2.45) is 0 Å². The van der Waals surface area contributed by atoms with Crippen molar-refractivity contribution < 1.29 is 14.3 Å². The first-order valence-corrected chi connectivity index (χ1v) is 9.28. The maximum absolute atomic E-state index is 12.8. The van der Waals surface area contributed by atoms with Gasteiger partial charge in [0.2, 0.25) is 5.91 Å². The van der Waals surface area contributed by atoms with Crippen molar-refractivity contribution in [3.8, 4) is 5.75 Å². The summed E-state index contributed by atoms with van der Waals surface area (Å²) in [7, 11) is 1.51. The number of halogens is 3. The van der Waals surface area contributed by atoms with Gasteiger partial charge in [-0.15, -0.1) is 0 Å². The van der Waals surface area contributed by atoms with E-state index in [0.717, 1.165) is 0 Å². The highest BCUT2D eigenvalue weighted by Crippen LogP contribution is 2.23. The maximum Gasteiger partial charge on any atom is 0.261 e. The zero-order chi connectivity index (χ0) is 20.0. The second-order valence-electron chi connectivity index (χ2n) is 5.79. The number of carbonyl (C=O) groups excluding carboxylic acids is 2. The summed E-state index contributed by atoms with van der Waals surface area (Å²) in [6, 6.07) is 11.0. The number of hydrogen-bond acceptors (Lipinski definition) is 3. The van der Waals surface area contributed by atoms with Crippen LogP contribution in [-0.2, 0) is 16.1 Å². The number of hydrogen-bond donors (Lipinski definition) is 1. The molecule has 2 rings (SSSR count). The molecule has 5 nitrogen and oxygen atoms in total. The smallest absolute Gasteiger partial charge is 0.261 e. The van der Waals surface area contributed by atoms with E-state index in [4.69, 9.17) is 39.5 Å². The van der Waals surface area contributed by atoms with Gasteiger partial charge in [0, 0.05) is 28.7 Å². The van der Waals surface area contributed by atoms with Gasteiger partial charge in [-0.05, 0) is 42.8 Å². The second kappa shape index (κ2) is 9.83. The standard InChI is InChI=1S/C19H19Cl3N2O3/c1-12(19(26)23-2)24(10-13-6-7-15(21)9-17(13)22)18(25)11-27-16-5-3-4-14(20)8-16/h3-9,12H,10-11H2,1-2H3,(H,23,26)/t12-/m0/s1. The van der Waals surface area contributed by atoms with Gasteiger partial charge >= 0.3 is 0 Å². The fourth-order valence-corrected chi connectivity index (χ4v) is 3.06. The van der Waals surface area contributed by atoms with Gasteiger partial charge in [0.15, 0.2) is 6.61 Å². The van der Waals surface area contributed by atoms with E-state index in [2.05, 4.69) is 5.32 Å². The monoisotopic (exact) mass is 428 g/mol. The van der Waals surface area contributed by atoms with Crippen molar-refractivity contribution in [2.45, 2.75) is 19.5 Å². The van der Waals surface area contributed by atoms with Crippen molar-refractivity contribution in [2.75, 3.05) is 13.7 Å². The maximum atomic E-state index is 12.8. The number of benzene rings is 2. The summed E-state index contributed by atoms with van der Waals surface area (Å²) in [4.78, 5) is 26.3. The Kier molecular flexibility index (Phi) is 7.78. The quantitative estimate of drug-likeness (QED) is 0.718. The Bertz CT molecular complexity index is 830. The fourth-order valence-electron chi connectivity index (χ4n) is 2.41. The molecule has 0 aliphatic carbocycles. The van der Waals surface area contributed by atoms with Gasteiger partial charge in [-0.1, -0.05) is 46.9 Å². The first-order valence-electron chi connectivity index (χ1n) is 8.15. The van der Waals surface area contributed by atoms with Crippen LogP contribution in [0.25, 0.3) is 0 Å². The molecule has 0 saturated carbocycles. The summed E-state index contributed by atoms with van der Waals surface area (Å²) in [5, 5.41) is 3.96. The molecule has 2 aromatic rings. The largest absolute Gasteiger partial charge is 0.484 e. The molecule has 0 aliphatic heterocycles. The minimum Gasteiger partial charge on any atom is -0.484 e. The van der Waals surface area contributed by atoms with Crippen LogP contribution in [0.2, 0.25) is 15.1 Å². The number of nitrogens with zero attached hydrogens (tertiary/aromatic N) is 1. The Morgan fingerprint density at radius 3 is 2.44 bits per heavy atom. The van der Waals surface area contributed by atoms with Crippen molar-refractivity contribution in [1.82, 2.24) is 10.2 Å². The van der Waals surface area contributed by atoms with Gasteiger partial charge in [-0.25, -0.2) is 0 Å². The summed E-state index contributed by atoms with van der Waals surface area (Å²) < 4.78 is 5.52. The highest BCUT2D eigenvalue weighted by molar-refractivity contribution is 6.35. The molecule has 144 valence electrons. The average molecular weight is 430 g/mol. The Hall–Kier alpha value is -1.95. The van der Waals surface area contributed by atoms with Crippen LogP contribution in [0.1, 0.15) is 12.5 Å². The Morgan fingerprint density at radius 2 is 1.81 bits per heavy atom. The van der Waals surface area contributed by atoms with Crippen LogP contribution in [-0.4, -0.2) is 36.4 Å². The highest BCUT2D eigenvalue weighted by Gasteiger charge is 2.26. The topological polar surface area (TPSA) is 58.6 Å².